The van der Waals surface area contributed by atoms with Gasteiger partial charge >= 0.3 is 5.69 Å². The number of nitriles is 1. The van der Waals surface area contributed by atoms with E-state index in [1.807, 2.05) is 4.98 Å². The monoisotopic (exact) mass is 283 g/mol. The Morgan fingerprint density at radius 1 is 1.38 bits per heavy atom. The first-order chi connectivity index (χ1) is 7.54. The number of hydrogen-bond donors (Lipinski definition) is 2. The summed E-state index contributed by atoms with van der Waals surface area (Å²) in [7, 11) is 0. The number of H-pyrrole nitrogens is 2. The van der Waals surface area contributed by atoms with E-state index in [0.717, 1.165) is 0 Å². The topological polar surface area (TPSA) is 89.5 Å². The van der Waals surface area contributed by atoms with Gasteiger partial charge in [0.05, 0.1) is 20.9 Å². The fourth-order valence-corrected chi connectivity index (χ4v) is 1.73. The fourth-order valence-electron chi connectivity index (χ4n) is 1.32. The van der Waals surface area contributed by atoms with Crippen LogP contribution in [0.15, 0.2) is 20.1 Å². The highest BCUT2D eigenvalue weighted by Gasteiger charge is 2.14. The van der Waals surface area contributed by atoms with Crippen molar-refractivity contribution in [2.75, 3.05) is 0 Å². The standard InChI is InChI=1S/C9H3BrFN3O2/c10-5-3(2-12)1-4-7(6(5)11)13-9(16)14-8(4)15/h1H,(H2,13,14,15,16). The number of halogens is 2. The van der Waals surface area contributed by atoms with E-state index in [4.69, 9.17) is 5.26 Å². The molecule has 7 heteroatoms. The van der Waals surface area contributed by atoms with Crippen LogP contribution in [0.4, 0.5) is 4.39 Å². The second-order valence-electron chi connectivity index (χ2n) is 2.99. The minimum absolute atomic E-state index is 0.0115. The molecule has 0 aliphatic heterocycles. The van der Waals surface area contributed by atoms with Gasteiger partial charge in [-0.05, 0) is 22.0 Å². The van der Waals surface area contributed by atoms with Gasteiger partial charge in [-0.15, -0.1) is 0 Å². The Morgan fingerprint density at radius 2 is 2.06 bits per heavy atom. The van der Waals surface area contributed by atoms with Crippen molar-refractivity contribution in [2.24, 2.45) is 0 Å². The smallest absolute Gasteiger partial charge is 0.304 e. The van der Waals surface area contributed by atoms with Crippen LogP contribution in [-0.2, 0) is 0 Å². The zero-order chi connectivity index (χ0) is 11.9. The molecule has 2 rings (SSSR count). The van der Waals surface area contributed by atoms with Gasteiger partial charge in [-0.25, -0.2) is 9.18 Å². The maximum Gasteiger partial charge on any atom is 0.326 e. The van der Waals surface area contributed by atoms with E-state index in [-0.39, 0.29) is 20.9 Å². The largest absolute Gasteiger partial charge is 0.326 e. The van der Waals surface area contributed by atoms with Gasteiger partial charge in [0.1, 0.15) is 6.07 Å². The summed E-state index contributed by atoms with van der Waals surface area (Å²) in [5.74, 6) is -0.836. The minimum atomic E-state index is -0.836. The maximum atomic E-state index is 13.7. The predicted molar refractivity (Wildman–Crippen MR) is 57.6 cm³/mol. The van der Waals surface area contributed by atoms with Gasteiger partial charge in [-0.1, -0.05) is 0 Å². The highest BCUT2D eigenvalue weighted by atomic mass is 79.9. The van der Waals surface area contributed by atoms with Crippen molar-refractivity contribution in [2.45, 2.75) is 0 Å². The molecule has 0 amide bonds. The van der Waals surface area contributed by atoms with E-state index in [9.17, 15) is 14.0 Å². The molecule has 2 aromatic rings. The molecular formula is C9H3BrFN3O2. The molecule has 0 aliphatic carbocycles. The van der Waals surface area contributed by atoms with Crippen LogP contribution in [0.2, 0.25) is 0 Å². The molecule has 0 fully saturated rings. The van der Waals surface area contributed by atoms with Crippen LogP contribution in [0, 0.1) is 17.1 Å². The van der Waals surface area contributed by atoms with Gasteiger partial charge in [-0.2, -0.15) is 5.26 Å². The normalized spacial score (nSPS) is 10.3. The zero-order valence-corrected chi connectivity index (χ0v) is 9.18. The summed E-state index contributed by atoms with van der Waals surface area (Å²) in [6.45, 7) is 0. The van der Waals surface area contributed by atoms with Crippen LogP contribution in [0.5, 0.6) is 0 Å². The Morgan fingerprint density at radius 3 is 2.69 bits per heavy atom. The summed E-state index contributed by atoms with van der Waals surface area (Å²) in [6, 6.07) is 2.94. The van der Waals surface area contributed by atoms with Crippen molar-refractivity contribution in [3.8, 4) is 6.07 Å². The molecule has 0 atom stereocenters. The molecule has 16 heavy (non-hydrogen) atoms. The van der Waals surface area contributed by atoms with Gasteiger partial charge in [0, 0.05) is 0 Å². The van der Waals surface area contributed by atoms with E-state index in [1.165, 1.54) is 6.07 Å². The van der Waals surface area contributed by atoms with Crippen molar-refractivity contribution in [1.82, 2.24) is 9.97 Å². The highest BCUT2D eigenvalue weighted by Crippen LogP contribution is 2.24. The van der Waals surface area contributed by atoms with E-state index in [1.54, 1.807) is 6.07 Å². The molecule has 80 valence electrons. The van der Waals surface area contributed by atoms with Crippen molar-refractivity contribution in [1.29, 1.82) is 5.26 Å². The van der Waals surface area contributed by atoms with Crippen molar-refractivity contribution >= 4 is 26.8 Å². The third-order valence-electron chi connectivity index (χ3n) is 2.04. The number of nitrogens with zero attached hydrogens (tertiary/aromatic N) is 1. The average molecular weight is 284 g/mol. The van der Waals surface area contributed by atoms with Gasteiger partial charge in [-0.3, -0.25) is 9.78 Å². The third kappa shape index (κ3) is 1.44. The number of rotatable bonds is 0. The maximum absolute atomic E-state index is 13.7. The third-order valence-corrected chi connectivity index (χ3v) is 2.81. The number of nitrogens with one attached hydrogen (secondary N) is 2. The summed E-state index contributed by atoms with van der Waals surface area (Å²) >= 11 is 2.88. The SMILES string of the molecule is N#Cc1cc2c(=O)[nH]c(=O)[nH]c2c(F)c1Br. The molecule has 0 saturated carbocycles. The quantitative estimate of drug-likeness (QED) is 0.756. The molecule has 0 unspecified atom stereocenters. The molecule has 5 nitrogen and oxygen atoms in total. The van der Waals surface area contributed by atoms with Crippen LogP contribution >= 0.6 is 15.9 Å². The second-order valence-corrected chi connectivity index (χ2v) is 3.79. The van der Waals surface area contributed by atoms with Gasteiger partial charge in [0.15, 0.2) is 5.82 Å². The first kappa shape index (κ1) is 10.6. The van der Waals surface area contributed by atoms with Crippen LogP contribution < -0.4 is 11.2 Å². The molecule has 1 aromatic carbocycles. The molecule has 0 saturated heterocycles. The lowest BCUT2D eigenvalue weighted by Crippen LogP contribution is -2.22. The lowest BCUT2D eigenvalue weighted by Gasteiger charge is -2.02. The molecule has 2 N–H and O–H groups in total. The van der Waals surface area contributed by atoms with E-state index in [0.29, 0.717) is 0 Å². The molecule has 0 bridgehead atoms. The van der Waals surface area contributed by atoms with Crippen LogP contribution in [0.3, 0.4) is 0 Å². The number of benzene rings is 1. The van der Waals surface area contributed by atoms with E-state index in [2.05, 4.69) is 20.9 Å². The van der Waals surface area contributed by atoms with Gasteiger partial charge in [0.2, 0.25) is 0 Å². The highest BCUT2D eigenvalue weighted by molar-refractivity contribution is 9.10. The van der Waals surface area contributed by atoms with Crippen LogP contribution in [0.1, 0.15) is 5.56 Å². The average Bonchev–Trinajstić information content (AvgIpc) is 2.24. The molecule has 0 aliphatic rings. The van der Waals surface area contributed by atoms with Crippen molar-refractivity contribution in [3.63, 3.8) is 0 Å². The van der Waals surface area contributed by atoms with E-state index < -0.39 is 17.1 Å². The Hall–Kier alpha value is -1.94. The first-order valence-corrected chi connectivity index (χ1v) is 4.88. The lowest BCUT2D eigenvalue weighted by molar-refractivity contribution is 0.628. The Kier molecular flexibility index (Phi) is 2.36. The Balaban J connectivity index is 3.12. The van der Waals surface area contributed by atoms with Gasteiger partial charge in [0.25, 0.3) is 5.56 Å². The summed E-state index contributed by atoms with van der Waals surface area (Å²) in [5.41, 5.74) is -1.77. The fraction of sp³-hybridized carbons (Fsp3) is 0. The van der Waals surface area contributed by atoms with Gasteiger partial charge < -0.3 is 4.98 Å². The number of aromatic amines is 2. The first-order valence-electron chi connectivity index (χ1n) is 4.09. The summed E-state index contributed by atoms with van der Waals surface area (Å²) < 4.78 is 13.6. The summed E-state index contributed by atoms with van der Waals surface area (Å²) in [4.78, 5) is 26.4. The number of aromatic nitrogens is 2. The Bertz CT molecular complexity index is 741. The summed E-state index contributed by atoms with van der Waals surface area (Å²) in [5, 5.41) is 8.64. The molecule has 0 radical (unpaired) electrons. The zero-order valence-electron chi connectivity index (χ0n) is 7.60. The second kappa shape index (κ2) is 3.57. The molecular weight excluding hydrogens is 281 g/mol. The van der Waals surface area contributed by atoms with Crippen molar-refractivity contribution in [3.05, 3.63) is 42.8 Å². The molecule has 1 aromatic heterocycles. The predicted octanol–water partition coefficient (Wildman–Crippen LogP) is 0.990. The molecule has 0 spiro atoms. The molecule has 1 heterocycles. The van der Waals surface area contributed by atoms with Crippen LogP contribution in [0.25, 0.3) is 10.9 Å². The van der Waals surface area contributed by atoms with E-state index >= 15 is 0 Å². The number of hydrogen-bond acceptors (Lipinski definition) is 3. The van der Waals surface area contributed by atoms with Crippen molar-refractivity contribution < 1.29 is 4.39 Å². The number of fused-ring (bicyclic) bond motifs is 1. The minimum Gasteiger partial charge on any atom is -0.304 e. The summed E-state index contributed by atoms with van der Waals surface area (Å²) in [6.07, 6.45) is 0. The lowest BCUT2D eigenvalue weighted by atomic mass is 10.1. The Labute approximate surface area is 95.7 Å². The van der Waals surface area contributed by atoms with Crippen LogP contribution in [-0.4, -0.2) is 9.97 Å².